The molecule has 0 radical (unpaired) electrons. The van der Waals surface area contributed by atoms with Crippen LogP contribution in [0.5, 0.6) is 0 Å². The van der Waals surface area contributed by atoms with Crippen molar-refractivity contribution in [3.63, 3.8) is 0 Å². The van der Waals surface area contributed by atoms with Crippen LogP contribution >= 0.6 is 11.8 Å². The summed E-state index contributed by atoms with van der Waals surface area (Å²) in [5.41, 5.74) is -1.15. The minimum atomic E-state index is -4.79. The molecule has 0 bridgehead atoms. The van der Waals surface area contributed by atoms with Crippen LogP contribution in [0, 0.1) is 0 Å². The molecule has 0 unspecified atom stereocenters. The molecular formula is C10H17NO9S2. The largest absolute Gasteiger partial charge is 0.466 e. The summed E-state index contributed by atoms with van der Waals surface area (Å²) in [6.45, 7) is 2.82. The van der Waals surface area contributed by atoms with E-state index >= 15 is 0 Å². The van der Waals surface area contributed by atoms with E-state index in [2.05, 4.69) is 16.0 Å². The molecule has 0 aliphatic carbocycles. The highest BCUT2D eigenvalue weighted by molar-refractivity contribution is 8.14. The summed E-state index contributed by atoms with van der Waals surface area (Å²) < 4.78 is 38.5. The molecule has 0 saturated carbocycles. The van der Waals surface area contributed by atoms with E-state index in [9.17, 15) is 23.7 Å². The number of nitrogens with zero attached hydrogens (tertiary/aromatic N) is 1. The monoisotopic (exact) mass is 359 g/mol. The third-order valence-electron chi connectivity index (χ3n) is 2.65. The van der Waals surface area contributed by atoms with E-state index in [0.29, 0.717) is 11.8 Å². The van der Waals surface area contributed by atoms with Gasteiger partial charge in [-0.25, -0.2) is 4.28 Å². The van der Waals surface area contributed by atoms with Gasteiger partial charge in [-0.3, -0.25) is 4.55 Å². The molecule has 1 saturated heterocycles. The molecule has 0 aromatic carbocycles. The van der Waals surface area contributed by atoms with Crippen LogP contribution in [0.3, 0.4) is 0 Å². The number of hydrogen-bond donors (Lipinski definition) is 5. The predicted molar refractivity (Wildman–Crippen MR) is 76.2 cm³/mol. The highest BCUT2D eigenvalue weighted by atomic mass is 32.3. The smallest absolute Gasteiger partial charge is 0.394 e. The first-order valence-corrected chi connectivity index (χ1v) is 8.25. The second-order valence-electron chi connectivity index (χ2n) is 4.30. The van der Waals surface area contributed by atoms with Crippen molar-refractivity contribution in [1.29, 1.82) is 0 Å². The first-order valence-electron chi connectivity index (χ1n) is 6.00. The third-order valence-corrected chi connectivity index (χ3v) is 4.05. The van der Waals surface area contributed by atoms with Crippen LogP contribution in [0.2, 0.25) is 0 Å². The fourth-order valence-electron chi connectivity index (χ4n) is 1.62. The van der Waals surface area contributed by atoms with E-state index in [0.717, 1.165) is 0 Å². The third kappa shape index (κ3) is 5.48. The van der Waals surface area contributed by atoms with E-state index < -0.39 is 46.9 Å². The number of oxime groups is 1. The van der Waals surface area contributed by atoms with Gasteiger partial charge in [0.05, 0.1) is 6.61 Å². The number of aliphatic hydroxyl groups is 4. The molecule has 1 aliphatic heterocycles. The minimum Gasteiger partial charge on any atom is -0.394 e. The van der Waals surface area contributed by atoms with Crippen molar-refractivity contribution in [3.05, 3.63) is 12.7 Å². The average molecular weight is 359 g/mol. The van der Waals surface area contributed by atoms with E-state index in [1.165, 1.54) is 6.08 Å². The molecule has 10 nitrogen and oxygen atoms in total. The number of aliphatic hydroxyl groups excluding tert-OH is 4. The van der Waals surface area contributed by atoms with Gasteiger partial charge in [-0.2, -0.15) is 8.42 Å². The van der Waals surface area contributed by atoms with Gasteiger partial charge in [0.1, 0.15) is 34.9 Å². The average Bonchev–Trinajstić information content (AvgIpc) is 2.44. The molecule has 5 atom stereocenters. The first-order chi connectivity index (χ1) is 10.2. The van der Waals surface area contributed by atoms with Crippen molar-refractivity contribution >= 4 is 27.2 Å². The van der Waals surface area contributed by atoms with Crippen LogP contribution in [-0.2, 0) is 19.4 Å². The number of ether oxygens (including phenoxy) is 1. The Bertz CT molecular complexity index is 507. The molecule has 0 aromatic heterocycles. The van der Waals surface area contributed by atoms with Crippen molar-refractivity contribution in [2.75, 3.05) is 6.61 Å². The van der Waals surface area contributed by atoms with Gasteiger partial charge >= 0.3 is 10.4 Å². The van der Waals surface area contributed by atoms with Crippen LogP contribution in [-0.4, -0.2) is 74.9 Å². The molecule has 22 heavy (non-hydrogen) atoms. The summed E-state index contributed by atoms with van der Waals surface area (Å²) in [4.78, 5) is 0. The molecular weight excluding hydrogens is 342 g/mol. The maximum atomic E-state index is 10.5. The summed E-state index contributed by atoms with van der Waals surface area (Å²) in [6, 6.07) is 0. The second-order valence-corrected chi connectivity index (χ2v) is 6.47. The quantitative estimate of drug-likeness (QED) is 0.120. The van der Waals surface area contributed by atoms with Gasteiger partial charge in [0, 0.05) is 6.42 Å². The van der Waals surface area contributed by atoms with Gasteiger partial charge in [-0.15, -0.1) is 6.58 Å². The molecule has 1 heterocycles. The maximum absolute atomic E-state index is 10.5. The lowest BCUT2D eigenvalue weighted by atomic mass is 10.0. The SMILES string of the molecule is C=CC/C(=N/OS(=O)(=O)O)S[C@@H]1O[C@H](CO)[C@@H](O)[C@H](O)[C@H]1O. The van der Waals surface area contributed by atoms with Crippen LogP contribution in [0.4, 0.5) is 0 Å². The lowest BCUT2D eigenvalue weighted by Crippen LogP contribution is -2.57. The molecule has 0 spiro atoms. The normalized spacial score (nSPS) is 33.5. The van der Waals surface area contributed by atoms with Gasteiger partial charge in [0.2, 0.25) is 0 Å². The van der Waals surface area contributed by atoms with E-state index in [4.69, 9.17) is 14.4 Å². The van der Waals surface area contributed by atoms with Crippen LogP contribution < -0.4 is 0 Å². The zero-order valence-electron chi connectivity index (χ0n) is 11.2. The van der Waals surface area contributed by atoms with E-state index in [1.807, 2.05) is 0 Å². The van der Waals surface area contributed by atoms with Gasteiger partial charge in [0.15, 0.2) is 0 Å². The van der Waals surface area contributed by atoms with Gasteiger partial charge in [-0.1, -0.05) is 23.0 Å². The highest BCUT2D eigenvalue weighted by Gasteiger charge is 2.44. The fourth-order valence-corrected chi connectivity index (χ4v) is 2.91. The van der Waals surface area contributed by atoms with Gasteiger partial charge < -0.3 is 25.2 Å². The first kappa shape index (κ1) is 19.3. The van der Waals surface area contributed by atoms with Crippen molar-refractivity contribution in [3.8, 4) is 0 Å². The Kier molecular flexibility index (Phi) is 7.21. The summed E-state index contributed by atoms with van der Waals surface area (Å²) in [7, 11) is -4.79. The number of rotatable bonds is 6. The Balaban J connectivity index is 2.85. The van der Waals surface area contributed by atoms with E-state index in [1.54, 1.807) is 0 Å². The van der Waals surface area contributed by atoms with Crippen LogP contribution in [0.25, 0.3) is 0 Å². The molecule has 12 heteroatoms. The van der Waals surface area contributed by atoms with Crippen molar-refractivity contribution in [1.82, 2.24) is 0 Å². The lowest BCUT2D eigenvalue weighted by Gasteiger charge is -2.39. The van der Waals surface area contributed by atoms with Gasteiger partial charge in [0.25, 0.3) is 0 Å². The second kappa shape index (κ2) is 8.21. The maximum Gasteiger partial charge on any atom is 0.466 e. The Labute approximate surface area is 131 Å². The Hall–Kier alpha value is -0.730. The molecule has 1 fully saturated rings. The summed E-state index contributed by atoms with van der Waals surface area (Å²) in [5.74, 6) is 0. The van der Waals surface area contributed by atoms with E-state index in [-0.39, 0.29) is 11.5 Å². The van der Waals surface area contributed by atoms with Crippen LogP contribution in [0.1, 0.15) is 6.42 Å². The number of hydrogen-bond acceptors (Lipinski definition) is 10. The summed E-state index contributed by atoms with van der Waals surface area (Å²) >= 11 is 0.688. The fraction of sp³-hybridized carbons (Fsp3) is 0.700. The highest BCUT2D eigenvalue weighted by Crippen LogP contribution is 2.30. The lowest BCUT2D eigenvalue weighted by molar-refractivity contribution is -0.205. The zero-order valence-corrected chi connectivity index (χ0v) is 12.9. The Morgan fingerprint density at radius 3 is 2.45 bits per heavy atom. The van der Waals surface area contributed by atoms with Crippen molar-refractivity contribution in [2.45, 2.75) is 36.3 Å². The van der Waals surface area contributed by atoms with Crippen LogP contribution in [0.15, 0.2) is 17.8 Å². The minimum absolute atomic E-state index is 0.0230. The predicted octanol–water partition coefficient (Wildman–Crippen LogP) is -1.77. The van der Waals surface area contributed by atoms with Gasteiger partial charge in [-0.05, 0) is 0 Å². The number of allylic oxidation sites excluding steroid dienone is 1. The molecule has 0 aromatic rings. The summed E-state index contributed by atoms with van der Waals surface area (Å²) in [5, 5.41) is 41.3. The number of thioether (sulfide) groups is 1. The molecule has 1 aliphatic rings. The zero-order chi connectivity index (χ0) is 16.9. The molecule has 0 amide bonds. The summed E-state index contributed by atoms with van der Waals surface area (Å²) in [6.07, 6.45) is -4.34. The standard InChI is InChI=1S/C10H17NO9S2/c1-2-3-6(11-20-22(16,17)18)21-10-9(15)8(14)7(13)5(4-12)19-10/h2,5,7-10,12-15H,1,3-4H2,(H,16,17,18)/b11-6-/t5-,7-,8+,9-,10+/m1/s1. The van der Waals surface area contributed by atoms with Crippen molar-refractivity contribution < 1.29 is 42.4 Å². The molecule has 1 rings (SSSR count). The molecule has 5 N–H and O–H groups in total. The topological polar surface area (TPSA) is 166 Å². The Morgan fingerprint density at radius 2 is 1.95 bits per heavy atom. The van der Waals surface area contributed by atoms with Crippen molar-refractivity contribution in [2.24, 2.45) is 5.16 Å². The Morgan fingerprint density at radius 1 is 1.32 bits per heavy atom. The molecule has 128 valence electrons.